The van der Waals surface area contributed by atoms with Crippen LogP contribution in [0.2, 0.25) is 0 Å². The van der Waals surface area contributed by atoms with Crippen LogP contribution in [0.3, 0.4) is 0 Å². The first-order chi connectivity index (χ1) is 10.7. The Hall–Kier alpha value is -0.130. The highest BCUT2D eigenvalue weighted by atomic mass is 127. The molecule has 9 heteroatoms. The van der Waals surface area contributed by atoms with E-state index in [4.69, 9.17) is 4.74 Å². The summed E-state index contributed by atoms with van der Waals surface area (Å²) >= 11 is 0. The van der Waals surface area contributed by atoms with E-state index in [1.54, 1.807) is 21.0 Å². The number of sulfone groups is 1. The van der Waals surface area contributed by atoms with Gasteiger partial charge in [0.2, 0.25) is 0 Å². The van der Waals surface area contributed by atoms with Gasteiger partial charge in [0.15, 0.2) is 15.8 Å². The first-order valence-electron chi connectivity index (χ1n) is 8.16. The lowest BCUT2D eigenvalue weighted by Gasteiger charge is -2.39. The van der Waals surface area contributed by atoms with Gasteiger partial charge in [0.05, 0.1) is 23.7 Å². The van der Waals surface area contributed by atoms with Gasteiger partial charge in [-0.1, -0.05) is 0 Å². The Kier molecular flexibility index (Phi) is 10.7. The van der Waals surface area contributed by atoms with E-state index in [1.165, 1.54) is 0 Å². The maximum absolute atomic E-state index is 12.1. The predicted octanol–water partition coefficient (Wildman–Crippen LogP) is 0.657. The number of halogens is 1. The van der Waals surface area contributed by atoms with E-state index in [1.807, 2.05) is 14.0 Å². The molecule has 0 bridgehead atoms. The third-order valence-electron chi connectivity index (χ3n) is 4.10. The summed E-state index contributed by atoms with van der Waals surface area (Å²) < 4.78 is 28.6. The molecule has 0 radical (unpaired) electrons. The maximum atomic E-state index is 12.1. The van der Waals surface area contributed by atoms with Crippen LogP contribution in [-0.4, -0.2) is 94.7 Å². The topological polar surface area (TPSA) is 74.2 Å². The second-order valence-corrected chi connectivity index (χ2v) is 9.27. The molecule has 1 saturated heterocycles. The second kappa shape index (κ2) is 10.8. The molecule has 0 aromatic carbocycles. The Balaban J connectivity index is 0.00000529. The van der Waals surface area contributed by atoms with Crippen LogP contribution in [-0.2, 0) is 14.6 Å². The minimum Gasteiger partial charge on any atom is -0.383 e. The number of hydrogen-bond donors (Lipinski definition) is 1. The van der Waals surface area contributed by atoms with Crippen LogP contribution in [0.1, 0.15) is 20.8 Å². The highest BCUT2D eigenvalue weighted by Gasteiger charge is 2.40. The maximum Gasteiger partial charge on any atom is 0.194 e. The van der Waals surface area contributed by atoms with E-state index < -0.39 is 14.6 Å². The molecule has 0 aromatic heterocycles. The van der Waals surface area contributed by atoms with Gasteiger partial charge in [-0.2, -0.15) is 0 Å². The summed E-state index contributed by atoms with van der Waals surface area (Å²) in [7, 11) is 0.702. The van der Waals surface area contributed by atoms with E-state index in [-0.39, 0.29) is 29.7 Å². The zero-order chi connectivity index (χ0) is 17.5. The van der Waals surface area contributed by atoms with Gasteiger partial charge in [-0.3, -0.25) is 4.99 Å². The van der Waals surface area contributed by atoms with Crippen LogP contribution >= 0.6 is 24.0 Å². The lowest BCUT2D eigenvalue weighted by atomic mass is 10.2. The number of rotatable bonds is 7. The molecule has 1 heterocycles. The van der Waals surface area contributed by atoms with Crippen molar-refractivity contribution in [2.75, 3.05) is 65.8 Å². The first-order valence-corrected chi connectivity index (χ1v) is 9.82. The molecule has 0 aromatic rings. The molecule has 1 fully saturated rings. The molecule has 0 amide bonds. The number of methoxy groups -OCH3 is 1. The zero-order valence-corrected chi connectivity index (χ0v) is 18.7. The van der Waals surface area contributed by atoms with Gasteiger partial charge in [0.1, 0.15) is 0 Å². The van der Waals surface area contributed by atoms with Gasteiger partial charge in [-0.25, -0.2) is 8.42 Å². The lowest BCUT2D eigenvalue weighted by molar-refractivity contribution is 0.162. The van der Waals surface area contributed by atoms with Crippen LogP contribution in [0, 0.1) is 0 Å². The fourth-order valence-electron chi connectivity index (χ4n) is 2.44. The van der Waals surface area contributed by atoms with Crippen LogP contribution in [0.5, 0.6) is 0 Å². The van der Waals surface area contributed by atoms with Crippen LogP contribution < -0.4 is 5.32 Å². The average molecular weight is 476 g/mol. The Labute approximate surface area is 164 Å². The van der Waals surface area contributed by atoms with Gasteiger partial charge in [-0.05, 0) is 27.8 Å². The minimum atomic E-state index is -3.03. The lowest BCUT2D eigenvalue weighted by Crippen LogP contribution is -2.57. The molecule has 0 atom stereocenters. The molecule has 0 unspecified atom stereocenters. The molecule has 0 saturated carbocycles. The van der Waals surface area contributed by atoms with Crippen molar-refractivity contribution in [1.82, 2.24) is 15.1 Å². The number of likely N-dealkylation sites (N-methyl/N-ethyl adjacent to an activating group) is 1. The SMILES string of the molecule is CCNC(=NCCN(C)CCOC)N1CCS(=O)(=O)C(C)(C)C1.I. The summed E-state index contributed by atoms with van der Waals surface area (Å²) in [5, 5.41) is 3.27. The summed E-state index contributed by atoms with van der Waals surface area (Å²) in [6, 6.07) is 0. The molecule has 1 aliphatic heterocycles. The van der Waals surface area contributed by atoms with Gasteiger partial charge < -0.3 is 19.9 Å². The van der Waals surface area contributed by atoms with Crippen molar-refractivity contribution in [2.24, 2.45) is 4.99 Å². The van der Waals surface area contributed by atoms with Crippen LogP contribution in [0.25, 0.3) is 0 Å². The predicted molar refractivity (Wildman–Crippen MR) is 110 cm³/mol. The number of hydrogen-bond acceptors (Lipinski definition) is 5. The summed E-state index contributed by atoms with van der Waals surface area (Å²) in [6.07, 6.45) is 0. The van der Waals surface area contributed by atoms with Crippen molar-refractivity contribution in [3.8, 4) is 0 Å². The molecule has 7 nitrogen and oxygen atoms in total. The standard InChI is InChI=1S/C15H32N4O3S.HI/c1-6-16-14(17-7-8-18(4)9-11-22-5)19-10-12-23(20,21)15(2,3)13-19;/h6-13H2,1-5H3,(H,16,17);1H. The minimum absolute atomic E-state index is 0. The van der Waals surface area contributed by atoms with E-state index in [0.29, 0.717) is 26.2 Å². The summed E-state index contributed by atoms with van der Waals surface area (Å²) in [6.45, 7) is 10.4. The van der Waals surface area contributed by atoms with Gasteiger partial charge >= 0.3 is 0 Å². The van der Waals surface area contributed by atoms with Crippen LogP contribution in [0.15, 0.2) is 4.99 Å². The average Bonchev–Trinajstić information content (AvgIpc) is 2.47. The van der Waals surface area contributed by atoms with Crippen molar-refractivity contribution < 1.29 is 13.2 Å². The molecule has 1 rings (SSSR count). The molecule has 0 aliphatic carbocycles. The molecule has 1 aliphatic rings. The molecule has 0 spiro atoms. The van der Waals surface area contributed by atoms with Gasteiger partial charge in [0, 0.05) is 39.8 Å². The number of nitrogens with zero attached hydrogens (tertiary/aromatic N) is 3. The fourth-order valence-corrected chi connectivity index (χ4v) is 3.80. The number of aliphatic imine (C=N–C) groups is 1. The Morgan fingerprint density at radius 2 is 2.04 bits per heavy atom. The molecule has 1 N–H and O–H groups in total. The number of ether oxygens (including phenoxy) is 1. The highest BCUT2D eigenvalue weighted by Crippen LogP contribution is 2.23. The van der Waals surface area contributed by atoms with Gasteiger partial charge in [-0.15, -0.1) is 24.0 Å². The van der Waals surface area contributed by atoms with E-state index in [9.17, 15) is 8.42 Å². The smallest absolute Gasteiger partial charge is 0.194 e. The van der Waals surface area contributed by atoms with Crippen molar-refractivity contribution in [1.29, 1.82) is 0 Å². The summed E-state index contributed by atoms with van der Waals surface area (Å²) in [5.41, 5.74) is 0. The van der Waals surface area contributed by atoms with E-state index >= 15 is 0 Å². The summed E-state index contributed by atoms with van der Waals surface area (Å²) in [5.74, 6) is 0.980. The fraction of sp³-hybridized carbons (Fsp3) is 0.933. The first kappa shape index (κ1) is 23.9. The molecule has 24 heavy (non-hydrogen) atoms. The molecular formula is C15H33IN4O3S. The van der Waals surface area contributed by atoms with Gasteiger partial charge in [0.25, 0.3) is 0 Å². The monoisotopic (exact) mass is 476 g/mol. The molecule has 144 valence electrons. The third-order valence-corrected chi connectivity index (χ3v) is 6.63. The van der Waals surface area contributed by atoms with Crippen LogP contribution in [0.4, 0.5) is 0 Å². The Bertz CT molecular complexity index is 497. The van der Waals surface area contributed by atoms with Crippen molar-refractivity contribution >= 4 is 39.8 Å². The van der Waals surface area contributed by atoms with Crippen molar-refractivity contribution in [2.45, 2.75) is 25.5 Å². The normalized spacial score (nSPS) is 19.9. The van der Waals surface area contributed by atoms with E-state index in [0.717, 1.165) is 25.6 Å². The Morgan fingerprint density at radius 3 is 2.58 bits per heavy atom. The molecular weight excluding hydrogens is 443 g/mol. The van der Waals surface area contributed by atoms with Crippen molar-refractivity contribution in [3.63, 3.8) is 0 Å². The highest BCUT2D eigenvalue weighted by molar-refractivity contribution is 14.0. The number of guanidine groups is 1. The quantitative estimate of drug-likeness (QED) is 0.331. The number of nitrogens with one attached hydrogen (secondary N) is 1. The third kappa shape index (κ3) is 7.01. The van der Waals surface area contributed by atoms with E-state index in [2.05, 4.69) is 20.1 Å². The second-order valence-electron chi connectivity index (χ2n) is 6.53. The largest absolute Gasteiger partial charge is 0.383 e. The zero-order valence-electron chi connectivity index (χ0n) is 15.5. The summed E-state index contributed by atoms with van der Waals surface area (Å²) in [4.78, 5) is 8.88. The van der Waals surface area contributed by atoms with Crippen molar-refractivity contribution in [3.05, 3.63) is 0 Å². The Morgan fingerprint density at radius 1 is 1.38 bits per heavy atom.